The van der Waals surface area contributed by atoms with E-state index in [1.54, 1.807) is 13.8 Å². The number of hydrogen-bond donors (Lipinski definition) is 5. The molecule has 0 saturated carbocycles. The molecule has 5 N–H and O–H groups in total. The van der Waals surface area contributed by atoms with Crippen molar-refractivity contribution in [1.29, 1.82) is 0 Å². The van der Waals surface area contributed by atoms with E-state index in [9.17, 15) is 34.5 Å². The van der Waals surface area contributed by atoms with Gasteiger partial charge in [-0.05, 0) is 39.5 Å². The molecule has 0 aromatic rings. The minimum Gasteiger partial charge on any atom is -0.481 e. The van der Waals surface area contributed by atoms with Crippen molar-refractivity contribution in [2.45, 2.75) is 109 Å². The van der Waals surface area contributed by atoms with Crippen LogP contribution in [0.15, 0.2) is 11.6 Å². The molecule has 2 fully saturated rings. The van der Waals surface area contributed by atoms with Crippen LogP contribution in [0.3, 0.4) is 0 Å². The summed E-state index contributed by atoms with van der Waals surface area (Å²) in [6.45, 7) is 5.52. The number of aliphatic hydroxyl groups is 3. The van der Waals surface area contributed by atoms with E-state index in [-0.39, 0.29) is 61.9 Å². The van der Waals surface area contributed by atoms with Gasteiger partial charge in [0.25, 0.3) is 0 Å². The summed E-state index contributed by atoms with van der Waals surface area (Å²) in [7, 11) is 2.61. The van der Waals surface area contributed by atoms with E-state index in [1.807, 2.05) is 6.92 Å². The number of ether oxygens (including phenoxy) is 4. The van der Waals surface area contributed by atoms with Crippen LogP contribution in [-0.2, 0) is 38.1 Å². The van der Waals surface area contributed by atoms with E-state index in [2.05, 4.69) is 9.47 Å². The monoisotopic (exact) mass is 604 g/mol. The number of hydrogen-bond acceptors (Lipinski definition) is 11. The molecule has 13 heteroatoms. The van der Waals surface area contributed by atoms with Crippen LogP contribution in [0.1, 0.15) is 72.1 Å². The molecule has 242 valence electrons. The van der Waals surface area contributed by atoms with Gasteiger partial charge in [0.05, 0.1) is 51.3 Å². The van der Waals surface area contributed by atoms with Crippen molar-refractivity contribution in [3.8, 4) is 0 Å². The Balaban J connectivity index is 0.000000752. The number of unbranched alkanes of at least 4 members (excludes halogenated alkanes) is 1. The van der Waals surface area contributed by atoms with Crippen molar-refractivity contribution in [2.24, 2.45) is 17.8 Å². The second-order valence-corrected chi connectivity index (χ2v) is 11.0. The molecule has 13 nitrogen and oxygen atoms in total. The van der Waals surface area contributed by atoms with Crippen LogP contribution in [0.25, 0.3) is 0 Å². The predicted octanol–water partition coefficient (Wildman–Crippen LogP) is 1.69. The first-order valence-electron chi connectivity index (χ1n) is 14.3. The van der Waals surface area contributed by atoms with Crippen LogP contribution in [0, 0.1) is 17.8 Å². The lowest BCUT2D eigenvalue weighted by atomic mass is 9.79. The molecular weight excluding hydrogens is 556 g/mol. The maximum Gasteiger partial charge on any atom is 0.328 e. The summed E-state index contributed by atoms with van der Waals surface area (Å²) in [6, 6.07) is 0. The summed E-state index contributed by atoms with van der Waals surface area (Å²) in [5.41, 5.74) is 0.543. The maximum atomic E-state index is 11.3. The first kappa shape index (κ1) is 37.4. The largest absolute Gasteiger partial charge is 0.481 e. The number of carbonyl (C=O) groups is 4. The highest BCUT2D eigenvalue weighted by Gasteiger charge is 2.49. The van der Waals surface area contributed by atoms with Crippen LogP contribution in [-0.4, -0.2) is 107 Å². The average molecular weight is 605 g/mol. The number of carbonyl (C=O) groups excluding carboxylic acids is 2. The SMILES string of the molecule is COC(=O)CCCC(=O)O.COC(=O)CCCCC(/C(C)=C/C(=O)O)[C@@H]1OC[C@H](C[C@@H]2O[C@H]2[C@@H](C)[C@H](C)O)[C@@H](O)[C@H]1O. The van der Waals surface area contributed by atoms with Gasteiger partial charge in [-0.3, -0.25) is 14.4 Å². The van der Waals surface area contributed by atoms with Gasteiger partial charge in [0.15, 0.2) is 0 Å². The van der Waals surface area contributed by atoms with Gasteiger partial charge in [-0.15, -0.1) is 0 Å². The third-order valence-corrected chi connectivity index (χ3v) is 7.81. The fraction of sp³-hybridized carbons (Fsp3) is 0.793. The normalized spacial score (nSPS) is 27.5. The van der Waals surface area contributed by atoms with Gasteiger partial charge in [0, 0.05) is 43.1 Å². The molecule has 0 radical (unpaired) electrons. The number of epoxide rings is 1. The number of esters is 2. The molecule has 0 aliphatic carbocycles. The minimum absolute atomic E-state index is 0.0162. The fourth-order valence-corrected chi connectivity index (χ4v) is 5.02. The Morgan fingerprint density at radius 3 is 2.02 bits per heavy atom. The van der Waals surface area contributed by atoms with E-state index < -0.39 is 42.3 Å². The van der Waals surface area contributed by atoms with E-state index in [0.717, 1.165) is 6.08 Å². The Bertz CT molecular complexity index is 902. The Morgan fingerprint density at radius 1 is 0.905 bits per heavy atom. The Labute approximate surface area is 246 Å². The molecule has 0 amide bonds. The molecule has 2 rings (SSSR count). The molecule has 2 aliphatic heterocycles. The average Bonchev–Trinajstić information content (AvgIpc) is 3.69. The summed E-state index contributed by atoms with van der Waals surface area (Å²) in [5, 5.41) is 48.6. The minimum atomic E-state index is -1.18. The molecular formula is C29H48O13. The molecule has 0 aromatic carbocycles. The van der Waals surface area contributed by atoms with Crippen molar-refractivity contribution < 1.29 is 63.7 Å². The van der Waals surface area contributed by atoms with Crippen molar-refractivity contribution in [2.75, 3.05) is 20.8 Å². The summed E-state index contributed by atoms with van der Waals surface area (Å²) in [6.07, 6.45) is 0.514. The zero-order valence-electron chi connectivity index (χ0n) is 25.1. The topological polar surface area (TPSA) is 210 Å². The molecule has 0 bridgehead atoms. The lowest BCUT2D eigenvalue weighted by molar-refractivity contribution is -0.179. The summed E-state index contributed by atoms with van der Waals surface area (Å²) < 4.78 is 20.6. The third kappa shape index (κ3) is 13.2. The van der Waals surface area contributed by atoms with Gasteiger partial charge in [-0.25, -0.2) is 4.79 Å². The fourth-order valence-electron chi connectivity index (χ4n) is 5.02. The molecule has 42 heavy (non-hydrogen) atoms. The van der Waals surface area contributed by atoms with Gasteiger partial charge in [0.2, 0.25) is 0 Å². The number of carboxylic acids is 2. The summed E-state index contributed by atoms with van der Waals surface area (Å²) in [4.78, 5) is 42.8. The second-order valence-electron chi connectivity index (χ2n) is 11.0. The molecule has 1 unspecified atom stereocenters. The van der Waals surface area contributed by atoms with Crippen LogP contribution in [0.4, 0.5) is 0 Å². The van der Waals surface area contributed by atoms with Gasteiger partial charge in [-0.1, -0.05) is 18.9 Å². The first-order chi connectivity index (χ1) is 19.7. The highest BCUT2D eigenvalue weighted by molar-refractivity contribution is 5.80. The Hall–Kier alpha value is -2.58. The van der Waals surface area contributed by atoms with E-state index in [1.165, 1.54) is 14.2 Å². The van der Waals surface area contributed by atoms with Crippen molar-refractivity contribution in [3.63, 3.8) is 0 Å². The zero-order chi connectivity index (χ0) is 32.0. The van der Waals surface area contributed by atoms with E-state index in [4.69, 9.17) is 19.7 Å². The Morgan fingerprint density at radius 2 is 1.50 bits per heavy atom. The van der Waals surface area contributed by atoms with Crippen LogP contribution in [0.5, 0.6) is 0 Å². The third-order valence-electron chi connectivity index (χ3n) is 7.81. The van der Waals surface area contributed by atoms with E-state index >= 15 is 0 Å². The van der Waals surface area contributed by atoms with Gasteiger partial charge < -0.3 is 44.5 Å². The second kappa shape index (κ2) is 18.9. The lowest BCUT2D eigenvalue weighted by Gasteiger charge is -2.41. The smallest absolute Gasteiger partial charge is 0.328 e. The van der Waals surface area contributed by atoms with Crippen LogP contribution in [0.2, 0.25) is 0 Å². The number of methoxy groups -OCH3 is 2. The van der Waals surface area contributed by atoms with Crippen molar-refractivity contribution in [3.05, 3.63) is 11.6 Å². The first-order valence-corrected chi connectivity index (χ1v) is 14.3. The number of aliphatic carboxylic acids is 2. The molecule has 2 heterocycles. The molecule has 9 atom stereocenters. The van der Waals surface area contributed by atoms with Gasteiger partial charge in [-0.2, -0.15) is 0 Å². The van der Waals surface area contributed by atoms with Crippen molar-refractivity contribution in [1.82, 2.24) is 0 Å². The number of aliphatic hydroxyl groups excluding tert-OH is 3. The van der Waals surface area contributed by atoms with Gasteiger partial charge in [0.1, 0.15) is 6.10 Å². The zero-order valence-corrected chi connectivity index (χ0v) is 25.1. The van der Waals surface area contributed by atoms with Gasteiger partial charge >= 0.3 is 23.9 Å². The Kier molecular flexibility index (Phi) is 16.8. The lowest BCUT2D eigenvalue weighted by Crippen LogP contribution is -2.53. The summed E-state index contributed by atoms with van der Waals surface area (Å²) in [5.74, 6) is -3.38. The summed E-state index contributed by atoms with van der Waals surface area (Å²) >= 11 is 0. The predicted molar refractivity (Wildman–Crippen MR) is 148 cm³/mol. The maximum absolute atomic E-state index is 11.3. The van der Waals surface area contributed by atoms with Crippen LogP contribution < -0.4 is 0 Å². The van der Waals surface area contributed by atoms with E-state index in [0.29, 0.717) is 37.7 Å². The van der Waals surface area contributed by atoms with Crippen LogP contribution >= 0.6 is 0 Å². The molecule has 2 aliphatic rings. The number of carboxylic acid groups (broad SMARTS) is 2. The highest BCUT2D eigenvalue weighted by Crippen LogP contribution is 2.39. The highest BCUT2D eigenvalue weighted by atomic mass is 16.6. The van der Waals surface area contributed by atoms with Crippen molar-refractivity contribution >= 4 is 23.9 Å². The number of rotatable bonds is 16. The molecule has 2 saturated heterocycles. The standard InChI is InChI=1S/C23H38O9.C6H10O4/c1-12(9-18(25)26)16(7-5-6-8-19(27)30-4)23-21(29)20(28)15(11-31-23)10-17-22(32-17)13(2)14(3)24;1-10-6(9)4-2-3-5(7)8/h9,13-17,20-24,28-29H,5-8,10-11H2,1-4H3,(H,25,26);2-4H2,1H3,(H,7,8)/b12-9+;/t13-,14-,15-,16?,17-,20+,21+,22-,23-;/m0./s1. The molecule has 0 spiro atoms. The quantitative estimate of drug-likeness (QED) is 0.0736. The molecule has 0 aromatic heterocycles.